The van der Waals surface area contributed by atoms with Crippen LogP contribution in [0.4, 0.5) is 13.9 Å². The second kappa shape index (κ2) is 6.41. The summed E-state index contributed by atoms with van der Waals surface area (Å²) in [7, 11) is 0. The number of anilines is 1. The third-order valence-electron chi connectivity index (χ3n) is 3.00. The van der Waals surface area contributed by atoms with Crippen molar-refractivity contribution in [2.45, 2.75) is 26.3 Å². The number of amides is 2. The SMILES string of the molecule is CC(=O)NC(C)(C)C(=O)Nc1nc(-c2ccc(F)c(F)c2)cs1. The van der Waals surface area contributed by atoms with E-state index < -0.39 is 23.1 Å². The number of halogens is 2. The van der Waals surface area contributed by atoms with E-state index in [2.05, 4.69) is 15.6 Å². The highest BCUT2D eigenvalue weighted by Gasteiger charge is 2.29. The summed E-state index contributed by atoms with van der Waals surface area (Å²) in [5.74, 6) is -2.66. The number of rotatable bonds is 4. The van der Waals surface area contributed by atoms with Crippen LogP contribution < -0.4 is 10.6 Å². The van der Waals surface area contributed by atoms with E-state index in [1.807, 2.05) is 0 Å². The molecule has 0 aliphatic heterocycles. The van der Waals surface area contributed by atoms with Crippen LogP contribution in [0.5, 0.6) is 0 Å². The highest BCUT2D eigenvalue weighted by atomic mass is 32.1. The van der Waals surface area contributed by atoms with Gasteiger partial charge in [-0.2, -0.15) is 0 Å². The van der Waals surface area contributed by atoms with Crippen LogP contribution in [0, 0.1) is 11.6 Å². The van der Waals surface area contributed by atoms with Gasteiger partial charge in [-0.15, -0.1) is 11.3 Å². The zero-order chi connectivity index (χ0) is 17.2. The summed E-state index contributed by atoms with van der Waals surface area (Å²) in [6.45, 7) is 4.45. The fourth-order valence-corrected chi connectivity index (χ4v) is 2.58. The highest BCUT2D eigenvalue weighted by molar-refractivity contribution is 7.14. The van der Waals surface area contributed by atoms with Gasteiger partial charge in [0.1, 0.15) is 5.54 Å². The molecule has 2 aromatic rings. The topological polar surface area (TPSA) is 71.1 Å². The fourth-order valence-electron chi connectivity index (χ4n) is 1.87. The minimum absolute atomic E-state index is 0.299. The quantitative estimate of drug-likeness (QED) is 0.900. The molecule has 0 saturated heterocycles. The second-order valence-electron chi connectivity index (χ2n) is 5.43. The summed E-state index contributed by atoms with van der Waals surface area (Å²) in [6.07, 6.45) is 0. The standard InChI is InChI=1S/C15H15F2N3O2S/c1-8(21)20-15(2,3)13(22)19-14-18-12(7-23-14)9-4-5-10(16)11(17)6-9/h4-7H,1-3H3,(H,20,21)(H,18,19,22). The van der Waals surface area contributed by atoms with Crippen LogP contribution in [0.25, 0.3) is 11.3 Å². The molecule has 0 atom stereocenters. The maximum Gasteiger partial charge on any atom is 0.251 e. The summed E-state index contributed by atoms with van der Waals surface area (Å²) in [5, 5.41) is 7.03. The van der Waals surface area contributed by atoms with Crippen molar-refractivity contribution in [2.75, 3.05) is 5.32 Å². The van der Waals surface area contributed by atoms with Gasteiger partial charge >= 0.3 is 0 Å². The second-order valence-corrected chi connectivity index (χ2v) is 6.29. The molecule has 0 spiro atoms. The molecule has 2 amide bonds. The fraction of sp³-hybridized carbons (Fsp3) is 0.267. The van der Waals surface area contributed by atoms with Crippen LogP contribution in [0.3, 0.4) is 0 Å². The molecule has 5 nitrogen and oxygen atoms in total. The lowest BCUT2D eigenvalue weighted by Gasteiger charge is -2.23. The van der Waals surface area contributed by atoms with Gasteiger partial charge in [0.15, 0.2) is 16.8 Å². The molecule has 0 unspecified atom stereocenters. The van der Waals surface area contributed by atoms with Crippen LogP contribution in [0.2, 0.25) is 0 Å². The first-order valence-electron chi connectivity index (χ1n) is 6.70. The molecule has 0 radical (unpaired) electrons. The number of thiazole rings is 1. The number of hydrogen-bond acceptors (Lipinski definition) is 4. The number of carbonyl (C=O) groups excluding carboxylic acids is 2. The molecule has 1 heterocycles. The summed E-state index contributed by atoms with van der Waals surface area (Å²) >= 11 is 1.15. The minimum Gasteiger partial charge on any atom is -0.342 e. The Bertz CT molecular complexity index is 759. The zero-order valence-electron chi connectivity index (χ0n) is 12.7. The number of aromatic nitrogens is 1. The molecule has 1 aromatic carbocycles. The number of hydrogen-bond donors (Lipinski definition) is 2. The molecular weight excluding hydrogens is 324 g/mol. The summed E-state index contributed by atoms with van der Waals surface area (Å²) in [5.41, 5.74) is -0.275. The lowest BCUT2D eigenvalue weighted by Crippen LogP contribution is -2.51. The zero-order valence-corrected chi connectivity index (χ0v) is 13.6. The largest absolute Gasteiger partial charge is 0.342 e. The Labute approximate surface area is 135 Å². The maximum absolute atomic E-state index is 13.3. The smallest absolute Gasteiger partial charge is 0.251 e. The van der Waals surface area contributed by atoms with Crippen molar-refractivity contribution in [1.29, 1.82) is 0 Å². The van der Waals surface area contributed by atoms with Crippen molar-refractivity contribution < 1.29 is 18.4 Å². The minimum atomic E-state index is -1.10. The molecule has 2 N–H and O–H groups in total. The van der Waals surface area contributed by atoms with Gasteiger partial charge in [0.05, 0.1) is 5.69 Å². The summed E-state index contributed by atoms with van der Waals surface area (Å²) in [6, 6.07) is 3.46. The van der Waals surface area contributed by atoms with Gasteiger partial charge < -0.3 is 5.32 Å². The molecule has 0 aliphatic rings. The van der Waals surface area contributed by atoms with Crippen LogP contribution >= 0.6 is 11.3 Å². The van der Waals surface area contributed by atoms with E-state index in [1.165, 1.54) is 13.0 Å². The van der Waals surface area contributed by atoms with E-state index in [0.717, 1.165) is 23.5 Å². The Balaban J connectivity index is 2.15. The Kier molecular flexibility index (Phi) is 4.74. The van der Waals surface area contributed by atoms with Crippen LogP contribution in [0.15, 0.2) is 23.6 Å². The first kappa shape index (κ1) is 17.0. The first-order chi connectivity index (χ1) is 10.7. The third kappa shape index (κ3) is 4.10. The lowest BCUT2D eigenvalue weighted by atomic mass is 10.1. The van der Waals surface area contributed by atoms with Gasteiger partial charge in [0.25, 0.3) is 5.91 Å². The molecule has 23 heavy (non-hydrogen) atoms. The summed E-state index contributed by atoms with van der Waals surface area (Å²) < 4.78 is 26.2. The number of benzene rings is 1. The number of carbonyl (C=O) groups is 2. The van der Waals surface area contributed by atoms with Gasteiger partial charge in [-0.1, -0.05) is 0 Å². The van der Waals surface area contributed by atoms with E-state index >= 15 is 0 Å². The Hall–Kier alpha value is -2.35. The first-order valence-corrected chi connectivity index (χ1v) is 7.58. The van der Waals surface area contributed by atoms with Crippen molar-refractivity contribution in [2.24, 2.45) is 0 Å². The molecule has 0 fully saturated rings. The van der Waals surface area contributed by atoms with E-state index in [1.54, 1.807) is 19.2 Å². The van der Waals surface area contributed by atoms with Crippen molar-refractivity contribution in [3.05, 3.63) is 35.2 Å². The molecular formula is C15H15F2N3O2S. The molecule has 1 aromatic heterocycles. The number of nitrogens with one attached hydrogen (secondary N) is 2. The van der Waals surface area contributed by atoms with E-state index in [9.17, 15) is 18.4 Å². The average Bonchev–Trinajstić information content (AvgIpc) is 2.89. The van der Waals surface area contributed by atoms with E-state index in [-0.39, 0.29) is 5.91 Å². The molecule has 122 valence electrons. The molecule has 0 saturated carbocycles. The highest BCUT2D eigenvalue weighted by Crippen LogP contribution is 2.26. The van der Waals surface area contributed by atoms with Crippen molar-refractivity contribution in [3.63, 3.8) is 0 Å². The van der Waals surface area contributed by atoms with Crippen LogP contribution in [-0.2, 0) is 9.59 Å². The Morgan fingerprint density at radius 3 is 2.52 bits per heavy atom. The molecule has 8 heteroatoms. The van der Waals surface area contributed by atoms with E-state index in [4.69, 9.17) is 0 Å². The summed E-state index contributed by atoms with van der Waals surface area (Å²) in [4.78, 5) is 27.4. The normalized spacial score (nSPS) is 11.2. The van der Waals surface area contributed by atoms with Crippen LogP contribution in [-0.4, -0.2) is 22.3 Å². The monoisotopic (exact) mass is 339 g/mol. The third-order valence-corrected chi connectivity index (χ3v) is 3.75. The van der Waals surface area contributed by atoms with Gasteiger partial charge in [-0.25, -0.2) is 13.8 Å². The van der Waals surface area contributed by atoms with Gasteiger partial charge in [-0.3, -0.25) is 14.9 Å². The molecule has 2 rings (SSSR count). The number of nitrogens with zero attached hydrogens (tertiary/aromatic N) is 1. The molecule has 0 bridgehead atoms. The van der Waals surface area contributed by atoms with Gasteiger partial charge in [0.2, 0.25) is 5.91 Å². The van der Waals surface area contributed by atoms with E-state index in [0.29, 0.717) is 16.4 Å². The van der Waals surface area contributed by atoms with Gasteiger partial charge in [-0.05, 0) is 32.0 Å². The average molecular weight is 339 g/mol. The van der Waals surface area contributed by atoms with Crippen molar-refractivity contribution in [1.82, 2.24) is 10.3 Å². The lowest BCUT2D eigenvalue weighted by molar-refractivity contribution is -0.128. The maximum atomic E-state index is 13.3. The molecule has 0 aliphatic carbocycles. The van der Waals surface area contributed by atoms with Gasteiger partial charge in [0, 0.05) is 17.9 Å². The predicted molar refractivity (Wildman–Crippen MR) is 84.0 cm³/mol. The predicted octanol–water partition coefficient (Wildman–Crippen LogP) is 2.94. The Morgan fingerprint density at radius 2 is 1.91 bits per heavy atom. The van der Waals surface area contributed by atoms with Crippen molar-refractivity contribution >= 4 is 28.3 Å². The van der Waals surface area contributed by atoms with Crippen molar-refractivity contribution in [3.8, 4) is 11.3 Å². The Morgan fingerprint density at radius 1 is 1.22 bits per heavy atom. The van der Waals surface area contributed by atoms with Crippen LogP contribution in [0.1, 0.15) is 20.8 Å².